The highest BCUT2D eigenvalue weighted by Crippen LogP contribution is 3.02. The SMILES string of the molecule is FS(F)(F)(F)(F)c1ccc(N(Cc2ccccc2)Cc2ccccc2)c(Br)c1. The number of rotatable bonds is 6. The summed E-state index contributed by atoms with van der Waals surface area (Å²) in [6.07, 6.45) is 0. The highest BCUT2D eigenvalue weighted by Gasteiger charge is 2.65. The summed E-state index contributed by atoms with van der Waals surface area (Å²) in [5, 5.41) is 0. The second-order valence-electron chi connectivity index (χ2n) is 6.41. The molecule has 0 saturated heterocycles. The molecule has 0 bridgehead atoms. The summed E-state index contributed by atoms with van der Waals surface area (Å²) in [4.78, 5) is -0.0702. The zero-order valence-electron chi connectivity index (χ0n) is 14.5. The molecule has 0 radical (unpaired) electrons. The van der Waals surface area contributed by atoms with Gasteiger partial charge in [-0.3, -0.25) is 0 Å². The van der Waals surface area contributed by atoms with E-state index in [2.05, 4.69) is 15.9 Å². The number of nitrogens with zero attached hydrogens (tertiary/aromatic N) is 1. The van der Waals surface area contributed by atoms with E-state index in [1.54, 1.807) is 0 Å². The maximum absolute atomic E-state index is 13.1. The summed E-state index contributed by atoms with van der Waals surface area (Å²) in [7, 11) is -9.73. The lowest BCUT2D eigenvalue weighted by atomic mass is 10.1. The standard InChI is InChI=1S/C20H17BrF5NS/c21-19-13-18(28(22,23,24,25)26)11-12-20(19)27(14-16-7-3-1-4-8-16)15-17-9-5-2-6-10-17/h1-13H,14-15H2. The Bertz CT molecular complexity index is 922. The second-order valence-corrected chi connectivity index (χ2v) is 9.67. The summed E-state index contributed by atoms with van der Waals surface area (Å²) in [6, 6.07) is 20.8. The predicted octanol–water partition coefficient (Wildman–Crippen LogP) is 8.31. The van der Waals surface area contributed by atoms with Crippen LogP contribution < -0.4 is 4.90 Å². The molecular formula is C20H17BrF5NS. The Morgan fingerprint density at radius 2 is 1.14 bits per heavy atom. The van der Waals surface area contributed by atoms with Crippen molar-refractivity contribution in [2.24, 2.45) is 0 Å². The molecule has 0 atom stereocenters. The Balaban J connectivity index is 2.00. The maximum atomic E-state index is 13.1. The third-order valence-corrected chi connectivity index (χ3v) is 5.92. The van der Waals surface area contributed by atoms with Crippen LogP contribution in [0, 0.1) is 0 Å². The third kappa shape index (κ3) is 5.26. The molecule has 3 rings (SSSR count). The van der Waals surface area contributed by atoms with Crippen LogP contribution in [0.15, 0.2) is 88.2 Å². The molecule has 0 aliphatic carbocycles. The number of hydrogen-bond acceptors (Lipinski definition) is 1. The van der Waals surface area contributed by atoms with Crippen LogP contribution >= 0.6 is 26.2 Å². The summed E-state index contributed by atoms with van der Waals surface area (Å²) >= 11 is 3.06. The normalized spacial score (nSPS) is 14.2. The molecule has 0 aromatic heterocycles. The molecule has 0 spiro atoms. The molecule has 3 aromatic rings. The maximum Gasteiger partial charge on any atom is 0.310 e. The Hall–Kier alpha value is -2.06. The van der Waals surface area contributed by atoms with Gasteiger partial charge >= 0.3 is 10.2 Å². The van der Waals surface area contributed by atoms with Crippen molar-refractivity contribution < 1.29 is 19.4 Å². The Morgan fingerprint density at radius 1 is 0.679 bits per heavy atom. The van der Waals surface area contributed by atoms with E-state index in [4.69, 9.17) is 0 Å². The van der Waals surface area contributed by atoms with E-state index in [9.17, 15) is 19.4 Å². The zero-order valence-corrected chi connectivity index (χ0v) is 16.9. The first-order valence-corrected chi connectivity index (χ1v) is 11.0. The van der Waals surface area contributed by atoms with Gasteiger partial charge in [0.05, 0.1) is 5.69 Å². The first-order valence-electron chi connectivity index (χ1n) is 8.29. The van der Waals surface area contributed by atoms with Gasteiger partial charge in [-0.15, -0.1) is 0 Å². The van der Waals surface area contributed by atoms with Crippen molar-refractivity contribution in [2.75, 3.05) is 4.90 Å². The fraction of sp³-hybridized carbons (Fsp3) is 0.100. The third-order valence-electron chi connectivity index (χ3n) is 4.14. The van der Waals surface area contributed by atoms with Crippen molar-refractivity contribution in [3.8, 4) is 0 Å². The van der Waals surface area contributed by atoms with Gasteiger partial charge in [-0.2, -0.15) is 0 Å². The lowest BCUT2D eigenvalue weighted by Gasteiger charge is -2.41. The molecule has 1 nitrogen and oxygen atoms in total. The van der Waals surface area contributed by atoms with Crippen molar-refractivity contribution >= 4 is 31.8 Å². The number of halogens is 6. The summed E-state index contributed by atoms with van der Waals surface area (Å²) in [5.41, 5.74) is 2.29. The van der Waals surface area contributed by atoms with Crippen LogP contribution in [-0.4, -0.2) is 0 Å². The molecule has 0 aliphatic rings. The fourth-order valence-electron chi connectivity index (χ4n) is 2.82. The van der Waals surface area contributed by atoms with Gasteiger partial charge in [0.15, 0.2) is 0 Å². The minimum atomic E-state index is -9.73. The van der Waals surface area contributed by atoms with E-state index in [0.717, 1.165) is 17.2 Å². The predicted molar refractivity (Wildman–Crippen MR) is 108 cm³/mol. The molecule has 0 unspecified atom stereocenters. The van der Waals surface area contributed by atoms with Crippen molar-refractivity contribution in [3.63, 3.8) is 0 Å². The fourth-order valence-corrected chi connectivity index (χ4v) is 4.26. The van der Waals surface area contributed by atoms with E-state index in [1.807, 2.05) is 65.6 Å². The van der Waals surface area contributed by atoms with E-state index in [1.165, 1.54) is 0 Å². The van der Waals surface area contributed by atoms with Gasteiger partial charge < -0.3 is 4.90 Å². The molecule has 0 saturated carbocycles. The van der Waals surface area contributed by atoms with Gasteiger partial charge in [-0.1, -0.05) is 80.1 Å². The van der Waals surface area contributed by atoms with Gasteiger partial charge in [0.2, 0.25) is 0 Å². The van der Waals surface area contributed by atoms with Crippen molar-refractivity contribution in [1.29, 1.82) is 0 Å². The molecule has 0 amide bonds. The number of hydrogen-bond donors (Lipinski definition) is 0. The second kappa shape index (κ2) is 6.77. The van der Waals surface area contributed by atoms with E-state index < -0.39 is 15.1 Å². The Labute approximate surface area is 168 Å². The summed E-state index contributed by atoms with van der Waals surface area (Å²) < 4.78 is 65.6. The molecule has 0 fully saturated rings. The van der Waals surface area contributed by atoms with Gasteiger partial charge in [-0.25, -0.2) is 0 Å². The molecular weight excluding hydrogens is 461 g/mol. The van der Waals surface area contributed by atoms with Gasteiger partial charge in [0.1, 0.15) is 4.90 Å². The quantitative estimate of drug-likeness (QED) is 0.322. The van der Waals surface area contributed by atoms with E-state index >= 15 is 0 Å². The van der Waals surface area contributed by atoms with Gasteiger partial charge in [-0.05, 0) is 45.3 Å². The molecule has 0 N–H and O–H groups in total. The monoisotopic (exact) mass is 477 g/mol. The summed E-state index contributed by atoms with van der Waals surface area (Å²) in [5.74, 6) is 0. The topological polar surface area (TPSA) is 3.24 Å². The average molecular weight is 478 g/mol. The minimum Gasteiger partial charge on any atom is -0.362 e. The zero-order chi connectivity index (χ0) is 20.5. The van der Waals surface area contributed by atoms with Gasteiger partial charge in [0, 0.05) is 17.6 Å². The van der Waals surface area contributed by atoms with Crippen LogP contribution in [-0.2, 0) is 13.1 Å². The minimum absolute atomic E-state index is 0.0369. The van der Waals surface area contributed by atoms with Crippen LogP contribution in [0.3, 0.4) is 0 Å². The van der Waals surface area contributed by atoms with E-state index in [0.29, 0.717) is 30.9 Å². The average Bonchev–Trinajstić information content (AvgIpc) is 2.61. The number of benzene rings is 3. The van der Waals surface area contributed by atoms with Crippen molar-refractivity contribution in [2.45, 2.75) is 18.0 Å². The van der Waals surface area contributed by atoms with Crippen LogP contribution in [0.1, 0.15) is 11.1 Å². The highest BCUT2D eigenvalue weighted by atomic mass is 79.9. The summed E-state index contributed by atoms with van der Waals surface area (Å²) in [6.45, 7) is 0.814. The Morgan fingerprint density at radius 3 is 1.54 bits per heavy atom. The largest absolute Gasteiger partial charge is 0.362 e. The molecule has 3 aromatic carbocycles. The van der Waals surface area contributed by atoms with Crippen LogP contribution in [0.25, 0.3) is 0 Å². The first-order chi connectivity index (χ1) is 12.9. The van der Waals surface area contributed by atoms with Crippen LogP contribution in [0.5, 0.6) is 0 Å². The van der Waals surface area contributed by atoms with Crippen molar-refractivity contribution in [1.82, 2.24) is 0 Å². The highest BCUT2D eigenvalue weighted by molar-refractivity contribution is 9.10. The first kappa shape index (κ1) is 20.7. The smallest absolute Gasteiger partial charge is 0.310 e. The molecule has 150 valence electrons. The molecule has 8 heteroatoms. The molecule has 0 aliphatic heterocycles. The van der Waals surface area contributed by atoms with Gasteiger partial charge in [0.25, 0.3) is 0 Å². The molecule has 28 heavy (non-hydrogen) atoms. The Kier molecular flexibility index (Phi) is 5.00. The number of anilines is 1. The lowest BCUT2D eigenvalue weighted by Crippen LogP contribution is -2.22. The lowest BCUT2D eigenvalue weighted by molar-refractivity contribution is 0.364. The van der Waals surface area contributed by atoms with E-state index in [-0.39, 0.29) is 4.47 Å². The van der Waals surface area contributed by atoms with Crippen LogP contribution in [0.4, 0.5) is 25.1 Å². The van der Waals surface area contributed by atoms with Crippen molar-refractivity contribution in [3.05, 3.63) is 94.5 Å². The molecule has 0 heterocycles. The van der Waals surface area contributed by atoms with Crippen LogP contribution in [0.2, 0.25) is 0 Å².